The second-order valence-corrected chi connectivity index (χ2v) is 16.1. The number of carbonyl (C=O) groups is 2. The minimum atomic E-state index is -4.64. The van der Waals surface area contributed by atoms with Crippen molar-refractivity contribution in [3.05, 3.63) is 48.6 Å². The average Bonchev–Trinajstić information content (AvgIpc) is 3.15. The van der Waals surface area contributed by atoms with E-state index in [1.807, 2.05) is 36.5 Å². The van der Waals surface area contributed by atoms with Crippen LogP contribution in [0.3, 0.4) is 0 Å². The van der Waals surface area contributed by atoms with Crippen LogP contribution in [0, 0.1) is 5.92 Å². The number of unbranched alkanes of at least 4 members (excludes halogenated alkanes) is 14. The van der Waals surface area contributed by atoms with Crippen molar-refractivity contribution in [2.75, 3.05) is 26.4 Å². The third-order valence-electron chi connectivity index (χ3n) is 8.74. The number of esters is 2. The molecular formula is C43H77O11P. The molecule has 0 spiro atoms. The van der Waals surface area contributed by atoms with Crippen LogP contribution >= 0.6 is 7.82 Å². The largest absolute Gasteiger partial charge is 0.472 e. The molecule has 0 aliphatic heterocycles. The van der Waals surface area contributed by atoms with Crippen molar-refractivity contribution in [2.24, 2.45) is 5.92 Å². The van der Waals surface area contributed by atoms with Crippen LogP contribution in [-0.4, -0.2) is 76.9 Å². The van der Waals surface area contributed by atoms with Crippen molar-refractivity contribution in [3.63, 3.8) is 0 Å². The monoisotopic (exact) mass is 801 g/mol. The van der Waals surface area contributed by atoms with E-state index in [2.05, 4.69) is 31.4 Å². The van der Waals surface area contributed by atoms with Crippen molar-refractivity contribution in [1.29, 1.82) is 0 Å². The molecule has 0 saturated heterocycles. The molecule has 0 rings (SSSR count). The van der Waals surface area contributed by atoms with Gasteiger partial charge in [-0.3, -0.25) is 18.6 Å². The first-order valence-electron chi connectivity index (χ1n) is 21.1. The molecular weight excluding hydrogens is 723 g/mol. The lowest BCUT2D eigenvalue weighted by atomic mass is 10.0. The Morgan fingerprint density at radius 1 is 0.673 bits per heavy atom. The van der Waals surface area contributed by atoms with Gasteiger partial charge in [-0.15, -0.1) is 0 Å². The highest BCUT2D eigenvalue weighted by molar-refractivity contribution is 7.47. The maximum absolute atomic E-state index is 12.6. The second-order valence-electron chi connectivity index (χ2n) is 14.7. The zero-order valence-electron chi connectivity index (χ0n) is 34.4. The Hall–Kier alpha value is -2.11. The van der Waals surface area contributed by atoms with Crippen LogP contribution in [0.4, 0.5) is 0 Å². The third-order valence-corrected chi connectivity index (χ3v) is 9.70. The molecule has 55 heavy (non-hydrogen) atoms. The first-order chi connectivity index (χ1) is 26.5. The van der Waals surface area contributed by atoms with Crippen LogP contribution in [0.15, 0.2) is 48.6 Å². The Morgan fingerprint density at radius 3 is 1.93 bits per heavy atom. The van der Waals surface area contributed by atoms with Gasteiger partial charge in [0.1, 0.15) is 12.7 Å². The van der Waals surface area contributed by atoms with Gasteiger partial charge in [0.25, 0.3) is 0 Å². The number of hydrogen-bond donors (Lipinski definition) is 4. The molecule has 0 aromatic carbocycles. The Bertz CT molecular complexity index is 1090. The highest BCUT2D eigenvalue weighted by Crippen LogP contribution is 2.43. The van der Waals surface area contributed by atoms with Gasteiger partial charge in [-0.1, -0.05) is 153 Å². The second kappa shape index (κ2) is 37.5. The quantitative estimate of drug-likeness (QED) is 0.0154. The molecule has 11 nitrogen and oxygen atoms in total. The van der Waals surface area contributed by atoms with Crippen molar-refractivity contribution < 1.29 is 52.9 Å². The van der Waals surface area contributed by atoms with E-state index in [-0.39, 0.29) is 19.4 Å². The topological polar surface area (TPSA) is 169 Å². The van der Waals surface area contributed by atoms with Crippen molar-refractivity contribution in [1.82, 2.24) is 0 Å². The van der Waals surface area contributed by atoms with Gasteiger partial charge < -0.3 is 29.7 Å². The molecule has 0 aliphatic carbocycles. The van der Waals surface area contributed by atoms with Gasteiger partial charge in [-0.25, -0.2) is 4.57 Å². The SMILES string of the molecule is CCCCC/C=C\C=C/[C@@H](O)C/C=C\C/C=C/CCCC(=O)OC[C@H](COP(=O)(O)OC[C@@H](O)CO)OC(=O)CCCCCCCCCCCCCC(C)C. The molecule has 0 fully saturated rings. The first-order valence-corrected chi connectivity index (χ1v) is 22.6. The predicted molar refractivity (Wildman–Crippen MR) is 220 cm³/mol. The lowest BCUT2D eigenvalue weighted by molar-refractivity contribution is -0.161. The predicted octanol–water partition coefficient (Wildman–Crippen LogP) is 9.77. The molecule has 0 bridgehead atoms. The number of ether oxygens (including phenoxy) is 2. The van der Waals surface area contributed by atoms with Crippen LogP contribution in [0.25, 0.3) is 0 Å². The summed E-state index contributed by atoms with van der Waals surface area (Å²) in [6.45, 7) is 4.50. The summed E-state index contributed by atoms with van der Waals surface area (Å²) in [7, 11) is -4.64. The summed E-state index contributed by atoms with van der Waals surface area (Å²) in [6.07, 6.45) is 34.0. The van der Waals surface area contributed by atoms with E-state index in [0.29, 0.717) is 32.1 Å². The molecule has 0 aliphatic rings. The van der Waals surface area contributed by atoms with Crippen LogP contribution in [0.1, 0.15) is 162 Å². The molecule has 0 amide bonds. The number of aliphatic hydroxyl groups excluding tert-OH is 3. The molecule has 0 saturated carbocycles. The third kappa shape index (κ3) is 38.5. The number of allylic oxidation sites excluding steroid dienone is 6. The van der Waals surface area contributed by atoms with E-state index in [4.69, 9.17) is 19.1 Å². The minimum Gasteiger partial charge on any atom is -0.462 e. The van der Waals surface area contributed by atoms with Crippen LogP contribution in [0.2, 0.25) is 0 Å². The van der Waals surface area contributed by atoms with E-state index < -0.39 is 57.9 Å². The zero-order chi connectivity index (χ0) is 40.8. The smallest absolute Gasteiger partial charge is 0.462 e. The Kier molecular flexibility index (Phi) is 36.0. The van der Waals surface area contributed by atoms with Crippen molar-refractivity contribution in [2.45, 2.75) is 180 Å². The van der Waals surface area contributed by atoms with Gasteiger partial charge in [0.2, 0.25) is 0 Å². The summed E-state index contributed by atoms with van der Waals surface area (Å²) in [6, 6.07) is 0. The molecule has 0 aromatic heterocycles. The molecule has 320 valence electrons. The van der Waals surface area contributed by atoms with E-state index in [0.717, 1.165) is 31.6 Å². The minimum absolute atomic E-state index is 0.131. The first kappa shape index (κ1) is 52.9. The fourth-order valence-corrected chi connectivity index (χ4v) is 6.22. The summed E-state index contributed by atoms with van der Waals surface area (Å²) < 4.78 is 32.6. The van der Waals surface area contributed by atoms with Crippen LogP contribution < -0.4 is 0 Å². The maximum atomic E-state index is 12.6. The molecule has 0 heterocycles. The number of aliphatic hydroxyl groups is 3. The molecule has 12 heteroatoms. The maximum Gasteiger partial charge on any atom is 0.472 e. The number of phosphoric acid groups is 1. The summed E-state index contributed by atoms with van der Waals surface area (Å²) >= 11 is 0. The number of hydrogen-bond acceptors (Lipinski definition) is 10. The Labute approximate surface area is 333 Å². The average molecular weight is 801 g/mol. The zero-order valence-corrected chi connectivity index (χ0v) is 35.3. The van der Waals surface area contributed by atoms with E-state index in [1.54, 1.807) is 6.08 Å². The molecule has 1 unspecified atom stereocenters. The van der Waals surface area contributed by atoms with Crippen molar-refractivity contribution >= 4 is 19.8 Å². The normalized spacial score (nSPS) is 15.1. The lowest BCUT2D eigenvalue weighted by Gasteiger charge is -2.20. The van der Waals surface area contributed by atoms with Gasteiger partial charge in [-0.2, -0.15) is 0 Å². The highest BCUT2D eigenvalue weighted by atomic mass is 31.2. The Balaban J connectivity index is 4.47. The van der Waals surface area contributed by atoms with Gasteiger partial charge >= 0.3 is 19.8 Å². The Morgan fingerprint density at radius 2 is 1.27 bits per heavy atom. The van der Waals surface area contributed by atoms with Crippen LogP contribution in [0.5, 0.6) is 0 Å². The fourth-order valence-electron chi connectivity index (χ4n) is 5.43. The lowest BCUT2D eigenvalue weighted by Crippen LogP contribution is -2.29. The van der Waals surface area contributed by atoms with Gasteiger partial charge in [-0.05, 0) is 50.9 Å². The summed E-state index contributed by atoms with van der Waals surface area (Å²) in [5.74, 6) is -0.244. The van der Waals surface area contributed by atoms with Crippen molar-refractivity contribution in [3.8, 4) is 0 Å². The molecule has 4 N–H and O–H groups in total. The molecule has 0 aromatic rings. The summed E-state index contributed by atoms with van der Waals surface area (Å²) in [5, 5.41) is 28.4. The molecule has 0 radical (unpaired) electrons. The van der Waals surface area contributed by atoms with E-state index in [1.165, 1.54) is 70.6 Å². The number of phosphoric ester groups is 1. The van der Waals surface area contributed by atoms with E-state index in [9.17, 15) is 29.3 Å². The van der Waals surface area contributed by atoms with Gasteiger partial charge in [0, 0.05) is 12.8 Å². The highest BCUT2D eigenvalue weighted by Gasteiger charge is 2.27. The van der Waals surface area contributed by atoms with Gasteiger partial charge in [0.05, 0.1) is 25.9 Å². The van der Waals surface area contributed by atoms with E-state index >= 15 is 0 Å². The summed E-state index contributed by atoms with van der Waals surface area (Å²) in [4.78, 5) is 34.9. The standard InChI is InChI=1S/C43H77O11P/c1-4-5-6-7-14-20-25-30-39(45)31-26-21-16-13-18-22-27-32-42(47)51-36-41(37-53-55(49,50)52-35-40(46)34-44)54-43(48)33-28-23-17-12-10-8-9-11-15-19-24-29-38(2)3/h13-14,18,20-21,25-26,30,38-41,44-46H,4-12,15-17,19,22-24,27-29,31-37H2,1-3H3,(H,49,50)/b18-13+,20-14-,26-21-,30-25-/t39-,40+,41-/m1/s1. The van der Waals surface area contributed by atoms with Crippen LogP contribution in [-0.2, 0) is 32.7 Å². The number of rotatable bonds is 38. The van der Waals surface area contributed by atoms with Gasteiger partial charge in [0.15, 0.2) is 6.10 Å². The molecule has 4 atom stereocenters. The number of carbonyl (C=O) groups excluding carboxylic acids is 2. The summed E-state index contributed by atoms with van der Waals surface area (Å²) in [5.41, 5.74) is 0. The fraction of sp³-hybridized carbons (Fsp3) is 0.767.